The van der Waals surface area contributed by atoms with Gasteiger partial charge in [0.05, 0.1) is 6.26 Å². The summed E-state index contributed by atoms with van der Waals surface area (Å²) >= 11 is 6.24. The van der Waals surface area contributed by atoms with Gasteiger partial charge in [-0.2, -0.15) is 0 Å². The first-order chi connectivity index (χ1) is 11.8. The van der Waals surface area contributed by atoms with Gasteiger partial charge in [0.1, 0.15) is 5.58 Å². The predicted molar refractivity (Wildman–Crippen MR) is 102 cm³/mol. The standard InChI is InChI=1S/C22H13ClO/c23-15-10-11-18-19(12-15)16-8-4-5-9-17(16)21-20(13-24-22(18)21)14-6-2-1-3-7-14/h1-13H. The molecule has 0 radical (unpaired) electrons. The van der Waals surface area contributed by atoms with E-state index in [2.05, 4.69) is 48.5 Å². The molecule has 0 spiro atoms. The number of hydrogen-bond donors (Lipinski definition) is 0. The van der Waals surface area contributed by atoms with Crippen molar-refractivity contribution in [2.45, 2.75) is 0 Å². The second-order valence-electron chi connectivity index (χ2n) is 5.96. The van der Waals surface area contributed by atoms with Crippen molar-refractivity contribution in [2.75, 3.05) is 0 Å². The van der Waals surface area contributed by atoms with Crippen LogP contribution in [0.3, 0.4) is 0 Å². The molecule has 24 heavy (non-hydrogen) atoms. The van der Waals surface area contributed by atoms with Crippen LogP contribution in [-0.4, -0.2) is 0 Å². The van der Waals surface area contributed by atoms with E-state index >= 15 is 0 Å². The Morgan fingerprint density at radius 3 is 2.25 bits per heavy atom. The molecule has 2 heteroatoms. The van der Waals surface area contributed by atoms with Crippen molar-refractivity contribution in [3.05, 3.63) is 84.1 Å². The van der Waals surface area contributed by atoms with Gasteiger partial charge >= 0.3 is 0 Å². The largest absolute Gasteiger partial charge is 0.463 e. The van der Waals surface area contributed by atoms with E-state index in [1.807, 2.05) is 30.5 Å². The number of benzene rings is 4. The van der Waals surface area contributed by atoms with E-state index in [9.17, 15) is 0 Å². The molecule has 0 aliphatic carbocycles. The normalized spacial score (nSPS) is 11.5. The highest BCUT2D eigenvalue weighted by Crippen LogP contribution is 2.41. The van der Waals surface area contributed by atoms with Crippen molar-refractivity contribution in [1.82, 2.24) is 0 Å². The number of hydrogen-bond acceptors (Lipinski definition) is 1. The first-order valence-electron chi connectivity index (χ1n) is 7.89. The van der Waals surface area contributed by atoms with Gasteiger partial charge in [0.2, 0.25) is 0 Å². The molecule has 0 unspecified atom stereocenters. The Kier molecular flexibility index (Phi) is 2.91. The molecule has 1 nitrogen and oxygen atoms in total. The first-order valence-corrected chi connectivity index (χ1v) is 8.27. The highest BCUT2D eigenvalue weighted by molar-refractivity contribution is 6.33. The van der Waals surface area contributed by atoms with Crippen LogP contribution in [0.5, 0.6) is 0 Å². The van der Waals surface area contributed by atoms with Gasteiger partial charge in [0, 0.05) is 21.4 Å². The van der Waals surface area contributed by atoms with Gasteiger partial charge in [-0.15, -0.1) is 0 Å². The van der Waals surface area contributed by atoms with Gasteiger partial charge < -0.3 is 4.42 Å². The molecule has 0 atom stereocenters. The third kappa shape index (κ3) is 1.88. The zero-order valence-corrected chi connectivity index (χ0v) is 13.5. The van der Waals surface area contributed by atoms with Gasteiger partial charge in [0.15, 0.2) is 0 Å². The molecular formula is C22H13ClO. The van der Waals surface area contributed by atoms with Crippen LogP contribution >= 0.6 is 11.6 Å². The molecule has 0 saturated heterocycles. The third-order valence-electron chi connectivity index (χ3n) is 4.59. The maximum atomic E-state index is 6.24. The molecule has 114 valence electrons. The maximum absolute atomic E-state index is 6.24. The lowest BCUT2D eigenvalue weighted by Gasteiger charge is -2.08. The second-order valence-corrected chi connectivity index (χ2v) is 6.39. The molecule has 0 aliphatic heterocycles. The summed E-state index contributed by atoms with van der Waals surface area (Å²) in [6, 6.07) is 24.8. The molecule has 5 rings (SSSR count). The van der Waals surface area contributed by atoms with Gasteiger partial charge in [-0.3, -0.25) is 0 Å². The quantitative estimate of drug-likeness (QED) is 0.300. The highest BCUT2D eigenvalue weighted by Gasteiger charge is 2.16. The molecule has 4 aromatic carbocycles. The van der Waals surface area contributed by atoms with Crippen LogP contribution < -0.4 is 0 Å². The summed E-state index contributed by atoms with van der Waals surface area (Å²) in [5.41, 5.74) is 3.20. The van der Waals surface area contributed by atoms with E-state index in [0.717, 1.165) is 37.9 Å². The minimum atomic E-state index is 0.738. The topological polar surface area (TPSA) is 13.1 Å². The van der Waals surface area contributed by atoms with Gasteiger partial charge in [-0.05, 0) is 39.9 Å². The van der Waals surface area contributed by atoms with Crippen molar-refractivity contribution < 1.29 is 4.42 Å². The van der Waals surface area contributed by atoms with Crippen LogP contribution in [0.15, 0.2) is 83.5 Å². The summed E-state index contributed by atoms with van der Waals surface area (Å²) < 4.78 is 6.02. The van der Waals surface area contributed by atoms with Crippen LogP contribution in [0.1, 0.15) is 0 Å². The highest BCUT2D eigenvalue weighted by atomic mass is 35.5. The molecular weight excluding hydrogens is 316 g/mol. The number of furan rings is 1. The molecule has 0 N–H and O–H groups in total. The second kappa shape index (κ2) is 5.12. The lowest BCUT2D eigenvalue weighted by Crippen LogP contribution is -1.82. The first kappa shape index (κ1) is 13.6. The summed E-state index contributed by atoms with van der Waals surface area (Å²) in [4.78, 5) is 0. The average molecular weight is 329 g/mol. The summed E-state index contributed by atoms with van der Waals surface area (Å²) in [5.74, 6) is 0. The molecule has 0 bridgehead atoms. The fourth-order valence-electron chi connectivity index (χ4n) is 3.53. The SMILES string of the molecule is Clc1ccc2c(c1)c1ccccc1c1c(-c3ccccc3)coc21. The molecule has 0 fully saturated rings. The fourth-order valence-corrected chi connectivity index (χ4v) is 3.70. The van der Waals surface area contributed by atoms with Crippen LogP contribution in [0, 0.1) is 0 Å². The van der Waals surface area contributed by atoms with E-state index in [4.69, 9.17) is 16.0 Å². The van der Waals surface area contributed by atoms with Crippen molar-refractivity contribution in [2.24, 2.45) is 0 Å². The third-order valence-corrected chi connectivity index (χ3v) is 4.82. The Morgan fingerprint density at radius 2 is 1.42 bits per heavy atom. The lowest BCUT2D eigenvalue weighted by molar-refractivity contribution is 0.620. The summed E-state index contributed by atoms with van der Waals surface area (Å²) in [5, 5.41) is 6.50. The van der Waals surface area contributed by atoms with E-state index in [0.29, 0.717) is 0 Å². The van der Waals surface area contributed by atoms with E-state index < -0.39 is 0 Å². The Morgan fingerprint density at radius 1 is 0.667 bits per heavy atom. The van der Waals surface area contributed by atoms with Crippen LogP contribution in [0.2, 0.25) is 5.02 Å². The smallest absolute Gasteiger partial charge is 0.142 e. The summed E-state index contributed by atoms with van der Waals surface area (Å²) in [6.45, 7) is 0. The minimum Gasteiger partial charge on any atom is -0.463 e. The Hall–Kier alpha value is -2.77. The lowest BCUT2D eigenvalue weighted by atomic mass is 9.95. The fraction of sp³-hybridized carbons (Fsp3) is 0. The zero-order valence-electron chi connectivity index (χ0n) is 12.8. The number of halogens is 1. The summed E-state index contributed by atoms with van der Waals surface area (Å²) in [6.07, 6.45) is 1.86. The zero-order chi connectivity index (χ0) is 16.1. The monoisotopic (exact) mass is 328 g/mol. The molecule has 5 aromatic rings. The van der Waals surface area contributed by atoms with Crippen LogP contribution in [0.4, 0.5) is 0 Å². The van der Waals surface area contributed by atoms with Crippen molar-refractivity contribution in [3.63, 3.8) is 0 Å². The molecule has 0 saturated carbocycles. The molecule has 0 aliphatic rings. The Balaban J connectivity index is 2.04. The van der Waals surface area contributed by atoms with Crippen molar-refractivity contribution in [1.29, 1.82) is 0 Å². The molecule has 1 aromatic heterocycles. The van der Waals surface area contributed by atoms with Gasteiger partial charge in [-0.25, -0.2) is 0 Å². The predicted octanol–water partition coefficient (Wildman–Crippen LogP) is 7.06. The van der Waals surface area contributed by atoms with Gasteiger partial charge in [-0.1, -0.05) is 66.2 Å². The van der Waals surface area contributed by atoms with Gasteiger partial charge in [0.25, 0.3) is 0 Å². The Bertz CT molecular complexity index is 1200. The molecule has 1 heterocycles. The molecule has 0 amide bonds. The van der Waals surface area contributed by atoms with Crippen molar-refractivity contribution >= 4 is 44.1 Å². The minimum absolute atomic E-state index is 0.738. The number of rotatable bonds is 1. The van der Waals surface area contributed by atoms with Crippen LogP contribution in [0.25, 0.3) is 43.6 Å². The van der Waals surface area contributed by atoms with E-state index in [1.165, 1.54) is 10.8 Å². The Labute approximate surface area is 144 Å². The number of fused-ring (bicyclic) bond motifs is 6. The van der Waals surface area contributed by atoms with E-state index in [1.54, 1.807) is 0 Å². The van der Waals surface area contributed by atoms with Crippen LogP contribution in [-0.2, 0) is 0 Å². The average Bonchev–Trinajstić information content (AvgIpc) is 3.08. The van der Waals surface area contributed by atoms with Crippen molar-refractivity contribution in [3.8, 4) is 11.1 Å². The van der Waals surface area contributed by atoms with E-state index in [-0.39, 0.29) is 0 Å². The summed E-state index contributed by atoms with van der Waals surface area (Å²) in [7, 11) is 0. The maximum Gasteiger partial charge on any atom is 0.142 e.